The number of phenols is 1. The second-order valence-corrected chi connectivity index (χ2v) is 11.5. The first-order chi connectivity index (χ1) is 19.9. The number of hydrogen-bond acceptors (Lipinski definition) is 11. The van der Waals surface area contributed by atoms with Crippen molar-refractivity contribution in [2.24, 2.45) is 29.2 Å². The highest BCUT2D eigenvalue weighted by Crippen LogP contribution is 2.54. The lowest BCUT2D eigenvalue weighted by Gasteiger charge is -2.48. The number of primary amides is 1. The Balaban J connectivity index is 1.40. The summed E-state index contributed by atoms with van der Waals surface area (Å²) in [6, 6.07) is 7.56. The van der Waals surface area contributed by atoms with E-state index in [0.29, 0.717) is 22.0 Å². The number of aromatic nitrogens is 1. The summed E-state index contributed by atoms with van der Waals surface area (Å²) < 4.78 is 13.3. The lowest BCUT2D eigenvalue weighted by Crippen LogP contribution is -2.60. The first-order valence-corrected chi connectivity index (χ1v) is 13.8. The van der Waals surface area contributed by atoms with E-state index in [1.54, 1.807) is 36.6 Å². The molecule has 1 aromatic heterocycles. The van der Waals surface area contributed by atoms with E-state index in [-0.39, 0.29) is 22.6 Å². The number of amides is 1. The molecule has 42 heavy (non-hydrogen) atoms. The van der Waals surface area contributed by atoms with Gasteiger partial charge < -0.3 is 37.2 Å². The highest BCUT2D eigenvalue weighted by molar-refractivity contribution is 7.14. The maximum atomic E-state index is 13.8. The van der Waals surface area contributed by atoms with Crippen LogP contribution >= 0.6 is 11.3 Å². The van der Waals surface area contributed by atoms with E-state index in [2.05, 4.69) is 10.3 Å². The van der Waals surface area contributed by atoms with Crippen LogP contribution < -0.4 is 16.8 Å². The molecule has 0 saturated heterocycles. The highest BCUT2D eigenvalue weighted by Gasteiger charge is 2.59. The van der Waals surface area contributed by atoms with Gasteiger partial charge in [-0.15, -0.1) is 11.3 Å². The minimum absolute atomic E-state index is 0.0610. The number of carbonyl (C=O) groups is 3. The Bertz CT molecular complexity index is 1750. The molecule has 0 spiro atoms. The number of aliphatic hydroxyl groups is 3. The Kier molecular flexibility index (Phi) is 6.40. The lowest BCUT2D eigenvalue weighted by atomic mass is 9.56. The van der Waals surface area contributed by atoms with E-state index in [1.807, 2.05) is 0 Å². The summed E-state index contributed by atoms with van der Waals surface area (Å²) in [5, 5.41) is 49.7. The van der Waals surface area contributed by atoms with Gasteiger partial charge in [0.25, 0.3) is 5.91 Å². The molecule has 13 heteroatoms. The molecule has 3 aliphatic rings. The Morgan fingerprint density at radius 2 is 1.76 bits per heavy atom. The molecule has 9 N–H and O–H groups in total. The molecule has 1 amide bonds. The molecular weight excluding hydrogens is 567 g/mol. The van der Waals surface area contributed by atoms with Gasteiger partial charge in [-0.3, -0.25) is 14.4 Å². The summed E-state index contributed by atoms with van der Waals surface area (Å²) in [5.74, 6) is -10.0. The Morgan fingerprint density at radius 3 is 2.43 bits per heavy atom. The summed E-state index contributed by atoms with van der Waals surface area (Å²) in [6.45, 7) is 1.69. The average molecular weight is 593 g/mol. The number of fused-ring (bicyclic) bond motifs is 3. The molecule has 1 fully saturated rings. The van der Waals surface area contributed by atoms with Crippen LogP contribution in [-0.4, -0.2) is 55.0 Å². The third kappa shape index (κ3) is 3.92. The standard InChI is InChI=1S/C29H25FN4O7S/c1-9-12-6-7-13(33-29-34-14(8-42-29)10-2-4-11(30)5-3-10)22(35)16(12)24(37)18-15(9)23(36)17-19(25(18)38)26(39)20(28(32)41)27(40)21(17)31/h2-9,15,17,19,21,23,35-37,40H,31H2,1H3,(H2,32,41)(H,33,34)/t9-,15?,17?,19?,21-,23-/m0/s1. The largest absolute Gasteiger partial charge is 0.510 e. The maximum absolute atomic E-state index is 13.8. The van der Waals surface area contributed by atoms with E-state index in [4.69, 9.17) is 11.5 Å². The topological polar surface area (TPSA) is 209 Å². The molecule has 6 rings (SSSR count). The molecule has 0 bridgehead atoms. The minimum Gasteiger partial charge on any atom is -0.510 e. The second-order valence-electron chi connectivity index (χ2n) is 10.6. The van der Waals surface area contributed by atoms with Crippen LogP contribution in [0.5, 0.6) is 5.75 Å². The number of hydrogen-bond donors (Lipinski definition) is 7. The summed E-state index contributed by atoms with van der Waals surface area (Å²) in [4.78, 5) is 43.3. The van der Waals surface area contributed by atoms with Crippen LogP contribution in [0.15, 0.2) is 58.7 Å². The number of phenolic OH excluding ortho intramolecular Hbond substituents is 1. The molecule has 3 unspecified atom stereocenters. The molecule has 2 aromatic carbocycles. The molecule has 0 radical (unpaired) electrons. The van der Waals surface area contributed by atoms with E-state index in [1.165, 1.54) is 23.5 Å². The fourth-order valence-corrected chi connectivity index (χ4v) is 7.12. The number of anilines is 2. The number of aliphatic hydroxyl groups excluding tert-OH is 3. The van der Waals surface area contributed by atoms with Crippen molar-refractivity contribution in [2.75, 3.05) is 5.32 Å². The van der Waals surface area contributed by atoms with Crippen LogP contribution in [-0.2, 0) is 14.4 Å². The quantitative estimate of drug-likeness (QED) is 0.134. The first kappa shape index (κ1) is 27.6. The highest BCUT2D eigenvalue weighted by atomic mass is 32.1. The molecule has 0 aliphatic heterocycles. The van der Waals surface area contributed by atoms with E-state index >= 15 is 0 Å². The molecule has 11 nitrogen and oxygen atoms in total. The van der Waals surface area contributed by atoms with Crippen LogP contribution in [0.4, 0.5) is 15.2 Å². The number of thiazole rings is 1. The van der Waals surface area contributed by atoms with Crippen LogP contribution in [0.1, 0.15) is 24.0 Å². The molecular formula is C29H25FN4O7S. The number of rotatable bonds is 4. The van der Waals surface area contributed by atoms with Crippen molar-refractivity contribution in [3.8, 4) is 17.0 Å². The normalized spacial score (nSPS) is 27.0. The van der Waals surface area contributed by atoms with Crippen molar-refractivity contribution in [3.63, 3.8) is 0 Å². The monoisotopic (exact) mass is 592 g/mol. The van der Waals surface area contributed by atoms with Gasteiger partial charge in [-0.25, -0.2) is 9.37 Å². The molecule has 1 heterocycles. The van der Waals surface area contributed by atoms with Gasteiger partial charge in [0.15, 0.2) is 16.7 Å². The van der Waals surface area contributed by atoms with Crippen LogP contribution in [0.3, 0.4) is 0 Å². The number of carbonyl (C=O) groups excluding carboxylic acids is 3. The number of aromatic hydroxyl groups is 1. The van der Waals surface area contributed by atoms with E-state index < -0.39 is 76.1 Å². The number of halogens is 1. The summed E-state index contributed by atoms with van der Waals surface area (Å²) in [6.07, 6.45) is -1.47. The van der Waals surface area contributed by atoms with Crippen molar-refractivity contribution in [2.45, 2.75) is 25.0 Å². The third-order valence-corrected chi connectivity index (χ3v) is 9.17. The fourth-order valence-electron chi connectivity index (χ4n) is 6.39. The minimum atomic E-state index is -1.67. The van der Waals surface area contributed by atoms with Gasteiger partial charge in [0.1, 0.15) is 28.7 Å². The molecule has 3 aromatic rings. The predicted octanol–water partition coefficient (Wildman–Crippen LogP) is 2.78. The number of nitrogens with zero attached hydrogens (tertiary/aromatic N) is 1. The third-order valence-electron chi connectivity index (χ3n) is 8.41. The van der Waals surface area contributed by atoms with Gasteiger partial charge in [-0.1, -0.05) is 13.0 Å². The van der Waals surface area contributed by atoms with E-state index in [0.717, 1.165) is 0 Å². The summed E-state index contributed by atoms with van der Waals surface area (Å²) in [5.41, 5.74) is 12.1. The zero-order valence-corrected chi connectivity index (χ0v) is 22.7. The van der Waals surface area contributed by atoms with Gasteiger partial charge >= 0.3 is 0 Å². The molecule has 3 aliphatic carbocycles. The maximum Gasteiger partial charge on any atom is 0.255 e. The zero-order chi connectivity index (χ0) is 30.2. The molecule has 1 saturated carbocycles. The zero-order valence-electron chi connectivity index (χ0n) is 21.9. The van der Waals surface area contributed by atoms with Crippen molar-refractivity contribution in [1.29, 1.82) is 0 Å². The Morgan fingerprint density at radius 1 is 1.07 bits per heavy atom. The smallest absolute Gasteiger partial charge is 0.255 e. The van der Waals surface area contributed by atoms with Crippen LogP contribution in [0.2, 0.25) is 0 Å². The van der Waals surface area contributed by atoms with Gasteiger partial charge in [-0.2, -0.15) is 0 Å². The number of nitrogens with two attached hydrogens (primary N) is 2. The predicted molar refractivity (Wildman–Crippen MR) is 150 cm³/mol. The summed E-state index contributed by atoms with van der Waals surface area (Å²) in [7, 11) is 0. The van der Waals surface area contributed by atoms with Gasteiger partial charge in [0, 0.05) is 28.4 Å². The fraction of sp³-hybridized carbons (Fsp3) is 0.241. The summed E-state index contributed by atoms with van der Waals surface area (Å²) >= 11 is 1.22. The molecule has 216 valence electrons. The second kappa shape index (κ2) is 9.76. The Labute approximate surface area is 241 Å². The van der Waals surface area contributed by atoms with Crippen LogP contribution in [0, 0.1) is 23.6 Å². The average Bonchev–Trinajstić information content (AvgIpc) is 3.41. The molecule has 6 atom stereocenters. The van der Waals surface area contributed by atoms with Crippen molar-refractivity contribution >= 4 is 45.4 Å². The first-order valence-electron chi connectivity index (χ1n) is 12.9. The van der Waals surface area contributed by atoms with Crippen molar-refractivity contribution in [1.82, 2.24) is 4.98 Å². The lowest BCUT2D eigenvalue weighted by molar-refractivity contribution is -0.141. The number of nitrogens with one attached hydrogen (secondary N) is 1. The van der Waals surface area contributed by atoms with Gasteiger partial charge in [0.2, 0.25) is 0 Å². The van der Waals surface area contributed by atoms with Gasteiger partial charge in [-0.05, 0) is 41.8 Å². The van der Waals surface area contributed by atoms with Crippen LogP contribution in [0.25, 0.3) is 17.0 Å². The van der Waals surface area contributed by atoms with Gasteiger partial charge in [0.05, 0.1) is 35.0 Å². The number of benzene rings is 2. The number of ketones is 2. The SMILES string of the molecule is C[C@H]1c2ccc(Nc3nc(-c4ccc(F)cc4)cs3)c(O)c2C(O)=C2C(=O)C3C(=O)C(C(N)=O)=C(O)[C@@H](N)C3[C@@H](O)C21. The van der Waals surface area contributed by atoms with Crippen molar-refractivity contribution < 1.29 is 39.2 Å². The van der Waals surface area contributed by atoms with E-state index in [9.17, 15) is 39.2 Å². The Hall–Kier alpha value is -4.59. The van der Waals surface area contributed by atoms with Crippen molar-refractivity contribution in [3.05, 3.63) is 75.6 Å². The number of Topliss-reactive ketones (excluding diaryl/α,β-unsaturated/α-hetero) is 2.